The van der Waals surface area contributed by atoms with Crippen LogP contribution in [0.15, 0.2) is 48.5 Å². The number of nitrogens with one attached hydrogen (secondary N) is 1. The fourth-order valence-electron chi connectivity index (χ4n) is 2.82. The van der Waals surface area contributed by atoms with Crippen molar-refractivity contribution in [2.24, 2.45) is 0 Å². The van der Waals surface area contributed by atoms with Crippen LogP contribution in [0, 0.1) is 0 Å². The molecular weight excluding hydrogens is 489 g/mol. The lowest BCUT2D eigenvalue weighted by molar-refractivity contribution is -0.137. The van der Waals surface area contributed by atoms with Gasteiger partial charge >= 0.3 is 6.18 Å². The molecule has 1 amide bonds. The molecule has 13 heteroatoms. The van der Waals surface area contributed by atoms with E-state index >= 15 is 0 Å². The molecule has 0 aliphatic heterocycles. The number of anilines is 2. The van der Waals surface area contributed by atoms with Gasteiger partial charge in [0.05, 0.1) is 17.5 Å². The zero-order chi connectivity index (χ0) is 23.7. The average Bonchev–Trinajstić information content (AvgIpc) is 3.15. The van der Waals surface area contributed by atoms with Gasteiger partial charge in [0.2, 0.25) is 21.1 Å². The third-order valence-corrected chi connectivity index (χ3v) is 6.64. The third-order valence-electron chi connectivity index (χ3n) is 4.26. The lowest BCUT2D eigenvalue weighted by atomic mass is 10.2. The first-order chi connectivity index (χ1) is 14.9. The first-order valence-corrected chi connectivity index (χ1v) is 12.0. The van der Waals surface area contributed by atoms with Crippen LogP contribution < -0.4 is 9.62 Å². The Hall–Kier alpha value is -2.70. The van der Waals surface area contributed by atoms with Gasteiger partial charge in [-0.05, 0) is 37.3 Å². The zero-order valence-electron chi connectivity index (χ0n) is 16.6. The summed E-state index contributed by atoms with van der Waals surface area (Å²) in [4.78, 5) is 12.7. The number of nitrogens with zero attached hydrogens (tertiary/aromatic N) is 3. The van der Waals surface area contributed by atoms with Crippen molar-refractivity contribution in [1.29, 1.82) is 0 Å². The highest BCUT2D eigenvalue weighted by Crippen LogP contribution is 2.33. The second kappa shape index (κ2) is 9.04. The van der Waals surface area contributed by atoms with Gasteiger partial charge in [-0.25, -0.2) is 8.42 Å². The maximum Gasteiger partial charge on any atom is 0.416 e. The van der Waals surface area contributed by atoms with Crippen LogP contribution in [0.5, 0.6) is 0 Å². The number of halogens is 4. The summed E-state index contributed by atoms with van der Waals surface area (Å²) in [5.74, 6) is -0.786. The van der Waals surface area contributed by atoms with Gasteiger partial charge < -0.3 is 0 Å². The maximum atomic E-state index is 13.1. The van der Waals surface area contributed by atoms with Gasteiger partial charge in [-0.3, -0.25) is 14.4 Å². The Bertz CT molecular complexity index is 1230. The molecule has 0 aliphatic carbocycles. The standard InChI is InChI=1S/C19H16ClF3N4O3S2/c1-11(27(32(2,29)30)15-5-3-4-13(10-15)19(21,22)23)16(28)24-18-26-25-17(31-18)12-6-8-14(20)9-7-12/h3-11H,1-2H3,(H,24,26,28)/t11-/m1/s1. The van der Waals surface area contributed by atoms with Gasteiger partial charge in [-0.1, -0.05) is 41.1 Å². The SMILES string of the molecule is C[C@H](C(=O)Nc1nnc(-c2ccc(Cl)cc2)s1)N(c1cccc(C(F)(F)F)c1)S(C)(=O)=O. The van der Waals surface area contributed by atoms with Crippen LogP contribution in [0.4, 0.5) is 24.0 Å². The van der Waals surface area contributed by atoms with Gasteiger partial charge in [0.25, 0.3) is 0 Å². The van der Waals surface area contributed by atoms with Crippen molar-refractivity contribution in [2.45, 2.75) is 19.1 Å². The molecule has 170 valence electrons. The normalized spacial score (nSPS) is 12.9. The minimum absolute atomic E-state index is 0.101. The quantitative estimate of drug-likeness (QED) is 0.526. The van der Waals surface area contributed by atoms with Crippen LogP contribution in [-0.2, 0) is 21.0 Å². The molecule has 3 aromatic rings. The summed E-state index contributed by atoms with van der Waals surface area (Å²) in [6, 6.07) is 9.15. The van der Waals surface area contributed by atoms with E-state index in [1.165, 1.54) is 13.0 Å². The molecule has 0 fully saturated rings. The molecule has 0 saturated carbocycles. The molecular formula is C19H16ClF3N4O3S2. The summed E-state index contributed by atoms with van der Waals surface area (Å²) in [5, 5.41) is 11.4. The Labute approximate surface area is 190 Å². The van der Waals surface area contributed by atoms with Crippen molar-refractivity contribution >= 4 is 49.7 Å². The number of amides is 1. The summed E-state index contributed by atoms with van der Waals surface area (Å²) in [5.41, 5.74) is -0.612. The summed E-state index contributed by atoms with van der Waals surface area (Å²) in [7, 11) is -4.10. The highest BCUT2D eigenvalue weighted by atomic mass is 35.5. The molecule has 1 heterocycles. The number of alkyl halides is 3. The van der Waals surface area contributed by atoms with Crippen molar-refractivity contribution in [3.8, 4) is 10.6 Å². The van der Waals surface area contributed by atoms with E-state index in [2.05, 4.69) is 15.5 Å². The predicted molar refractivity (Wildman–Crippen MR) is 117 cm³/mol. The molecule has 1 N–H and O–H groups in total. The van der Waals surface area contributed by atoms with Crippen molar-refractivity contribution in [2.75, 3.05) is 15.9 Å². The van der Waals surface area contributed by atoms with Crippen molar-refractivity contribution in [3.05, 3.63) is 59.1 Å². The van der Waals surface area contributed by atoms with Crippen molar-refractivity contribution in [3.63, 3.8) is 0 Å². The number of benzene rings is 2. The molecule has 3 rings (SSSR count). The van der Waals surface area contributed by atoms with Gasteiger partial charge in [-0.2, -0.15) is 13.2 Å². The highest BCUT2D eigenvalue weighted by molar-refractivity contribution is 7.92. The molecule has 1 aromatic heterocycles. The summed E-state index contributed by atoms with van der Waals surface area (Å²) in [6.45, 7) is 1.26. The number of hydrogen-bond donors (Lipinski definition) is 1. The number of hydrogen-bond acceptors (Lipinski definition) is 6. The first-order valence-electron chi connectivity index (χ1n) is 8.93. The lowest BCUT2D eigenvalue weighted by Crippen LogP contribution is -2.45. The van der Waals surface area contributed by atoms with E-state index in [4.69, 9.17) is 11.6 Å². The van der Waals surface area contributed by atoms with Gasteiger partial charge in [-0.15, -0.1) is 10.2 Å². The molecule has 0 aliphatic rings. The van der Waals surface area contributed by atoms with Crippen LogP contribution in [0.25, 0.3) is 10.6 Å². The fourth-order valence-corrected chi connectivity index (χ4v) is 4.87. The van der Waals surface area contributed by atoms with Crippen LogP contribution >= 0.6 is 22.9 Å². The van der Waals surface area contributed by atoms with Crippen LogP contribution in [0.3, 0.4) is 0 Å². The topological polar surface area (TPSA) is 92.3 Å². The third kappa shape index (κ3) is 5.56. The Morgan fingerprint density at radius 2 is 1.81 bits per heavy atom. The smallest absolute Gasteiger partial charge is 0.299 e. The van der Waals surface area contributed by atoms with E-state index in [0.717, 1.165) is 29.7 Å². The summed E-state index contributed by atoms with van der Waals surface area (Å²) in [6.07, 6.45) is -3.87. The lowest BCUT2D eigenvalue weighted by Gasteiger charge is -2.28. The zero-order valence-corrected chi connectivity index (χ0v) is 19.0. The summed E-state index contributed by atoms with van der Waals surface area (Å²) >= 11 is 6.90. The van der Waals surface area contributed by atoms with Gasteiger partial charge in [0.1, 0.15) is 11.0 Å². The minimum Gasteiger partial charge on any atom is -0.299 e. The van der Waals surface area contributed by atoms with Gasteiger partial charge in [0.15, 0.2) is 0 Å². The Morgan fingerprint density at radius 3 is 2.41 bits per heavy atom. The first kappa shape index (κ1) is 24.0. The predicted octanol–water partition coefficient (Wildman–Crippen LogP) is 4.67. The van der Waals surface area contributed by atoms with E-state index < -0.39 is 33.7 Å². The number of sulfonamides is 1. The fraction of sp³-hybridized carbons (Fsp3) is 0.211. The molecule has 0 bridgehead atoms. The molecule has 32 heavy (non-hydrogen) atoms. The molecule has 1 atom stereocenters. The monoisotopic (exact) mass is 504 g/mol. The van der Waals surface area contributed by atoms with E-state index in [1.807, 2.05) is 0 Å². The Morgan fingerprint density at radius 1 is 1.16 bits per heavy atom. The van der Waals surface area contributed by atoms with Crippen molar-refractivity contribution < 1.29 is 26.4 Å². The van der Waals surface area contributed by atoms with Crippen LogP contribution in [-0.4, -0.2) is 36.8 Å². The average molecular weight is 505 g/mol. The molecule has 7 nitrogen and oxygen atoms in total. The Balaban J connectivity index is 1.84. The number of carbonyl (C=O) groups is 1. The molecule has 0 saturated heterocycles. The van der Waals surface area contributed by atoms with E-state index in [9.17, 15) is 26.4 Å². The second-order valence-electron chi connectivity index (χ2n) is 6.69. The summed E-state index contributed by atoms with van der Waals surface area (Å²) < 4.78 is 64.5. The molecule has 0 unspecified atom stereocenters. The second-order valence-corrected chi connectivity index (χ2v) is 9.96. The number of carbonyl (C=O) groups excluding carboxylic acids is 1. The number of rotatable bonds is 6. The maximum absolute atomic E-state index is 13.1. The van der Waals surface area contributed by atoms with E-state index in [1.54, 1.807) is 24.3 Å². The van der Waals surface area contributed by atoms with Crippen LogP contribution in [0.1, 0.15) is 12.5 Å². The minimum atomic E-state index is -4.67. The van der Waals surface area contributed by atoms with E-state index in [0.29, 0.717) is 26.0 Å². The van der Waals surface area contributed by atoms with Crippen molar-refractivity contribution in [1.82, 2.24) is 10.2 Å². The molecule has 2 aromatic carbocycles. The van der Waals surface area contributed by atoms with Gasteiger partial charge in [0, 0.05) is 10.6 Å². The molecule has 0 spiro atoms. The Kier molecular flexibility index (Phi) is 6.77. The highest BCUT2D eigenvalue weighted by Gasteiger charge is 2.34. The molecule has 0 radical (unpaired) electrons. The van der Waals surface area contributed by atoms with E-state index in [-0.39, 0.29) is 10.8 Å². The largest absolute Gasteiger partial charge is 0.416 e. The number of aromatic nitrogens is 2. The van der Waals surface area contributed by atoms with Crippen LogP contribution in [0.2, 0.25) is 5.02 Å².